The molecule has 0 aromatic heterocycles. The molecule has 1 aliphatic heterocycles. The van der Waals surface area contributed by atoms with Gasteiger partial charge in [-0.1, -0.05) is 0 Å². The summed E-state index contributed by atoms with van der Waals surface area (Å²) in [7, 11) is 0. The van der Waals surface area contributed by atoms with Gasteiger partial charge in [-0.2, -0.15) is 4.99 Å². The lowest BCUT2D eigenvalue weighted by Gasteiger charge is -2.14. The third kappa shape index (κ3) is 5.36. The van der Waals surface area contributed by atoms with Crippen LogP contribution in [0.15, 0.2) is 22.0 Å². The molecule has 0 fully saturated rings. The van der Waals surface area contributed by atoms with E-state index in [4.69, 9.17) is 19.9 Å². The van der Waals surface area contributed by atoms with Crippen LogP contribution < -0.4 is 15.2 Å². The predicted octanol–water partition coefficient (Wildman–Crippen LogP) is 2.56. The van der Waals surface area contributed by atoms with Crippen molar-refractivity contribution in [3.63, 3.8) is 0 Å². The van der Waals surface area contributed by atoms with Gasteiger partial charge in [0.25, 0.3) is 5.91 Å². The molecule has 1 amide bonds. The third-order valence-electron chi connectivity index (χ3n) is 2.91. The van der Waals surface area contributed by atoms with E-state index in [0.29, 0.717) is 29.6 Å². The van der Waals surface area contributed by atoms with Gasteiger partial charge in [0.15, 0.2) is 23.3 Å². The molecule has 7 nitrogen and oxygen atoms in total. The Balaban J connectivity index is 2.26. The average Bonchev–Trinajstić information content (AvgIpc) is 2.84. The molecule has 9 heteroatoms. The quantitative estimate of drug-likeness (QED) is 0.367. The fourth-order valence-electron chi connectivity index (χ4n) is 1.98. The minimum absolute atomic E-state index is 0.205. The van der Waals surface area contributed by atoms with Crippen molar-refractivity contribution in [1.82, 2.24) is 0 Å². The lowest BCUT2D eigenvalue weighted by Crippen LogP contribution is -2.15. The van der Waals surface area contributed by atoms with Crippen molar-refractivity contribution in [2.75, 3.05) is 19.8 Å². The number of esters is 1. The van der Waals surface area contributed by atoms with Crippen LogP contribution in [0.25, 0.3) is 6.08 Å². The molecule has 0 spiro atoms. The zero-order chi connectivity index (χ0) is 18.4. The summed E-state index contributed by atoms with van der Waals surface area (Å²) in [5.74, 6) is 0.124. The van der Waals surface area contributed by atoms with Gasteiger partial charge < -0.3 is 19.9 Å². The standard InChI is InChI=1S/C16H17IN2O5S/c1-3-22-11-6-9(7-12-15(21)19-16(18)25-12)5-10(17)14(11)24-8-13(20)23-4-2/h5-7H,3-4,8H2,1-2H3,(H2,18,19,21). The van der Waals surface area contributed by atoms with Gasteiger partial charge in [-0.25, -0.2) is 4.79 Å². The fraction of sp³-hybridized carbons (Fsp3) is 0.312. The highest BCUT2D eigenvalue weighted by atomic mass is 127. The number of halogens is 1. The highest BCUT2D eigenvalue weighted by Gasteiger charge is 2.20. The molecule has 1 aliphatic rings. The summed E-state index contributed by atoms with van der Waals surface area (Å²) in [6.07, 6.45) is 1.69. The van der Waals surface area contributed by atoms with E-state index in [0.717, 1.165) is 20.9 Å². The second kappa shape index (κ2) is 9.09. The lowest BCUT2D eigenvalue weighted by atomic mass is 10.2. The lowest BCUT2D eigenvalue weighted by molar-refractivity contribution is -0.145. The van der Waals surface area contributed by atoms with Crippen molar-refractivity contribution < 1.29 is 23.8 Å². The van der Waals surface area contributed by atoms with E-state index in [9.17, 15) is 9.59 Å². The number of amidine groups is 1. The normalized spacial score (nSPS) is 15.2. The number of carbonyl (C=O) groups excluding carboxylic acids is 2. The van der Waals surface area contributed by atoms with Gasteiger partial charge in [0.1, 0.15) is 0 Å². The van der Waals surface area contributed by atoms with Crippen molar-refractivity contribution in [3.8, 4) is 11.5 Å². The molecular weight excluding hydrogens is 459 g/mol. The molecule has 1 aromatic carbocycles. The molecule has 0 bridgehead atoms. The van der Waals surface area contributed by atoms with Crippen LogP contribution in [-0.2, 0) is 14.3 Å². The van der Waals surface area contributed by atoms with E-state index >= 15 is 0 Å². The average molecular weight is 476 g/mol. The van der Waals surface area contributed by atoms with E-state index in [2.05, 4.69) is 27.6 Å². The Bertz CT molecular complexity index is 748. The molecule has 2 N–H and O–H groups in total. The number of hydrogen-bond acceptors (Lipinski definition) is 7. The summed E-state index contributed by atoms with van der Waals surface area (Å²) in [6, 6.07) is 3.56. The molecule has 25 heavy (non-hydrogen) atoms. The minimum atomic E-state index is -0.451. The molecule has 0 aliphatic carbocycles. The van der Waals surface area contributed by atoms with Crippen LogP contribution in [0.4, 0.5) is 0 Å². The molecule has 134 valence electrons. The summed E-state index contributed by atoms with van der Waals surface area (Å²) in [5, 5.41) is 0.227. The van der Waals surface area contributed by atoms with Crippen molar-refractivity contribution in [3.05, 3.63) is 26.2 Å². The molecule has 1 aromatic rings. The Labute approximate surface area is 163 Å². The van der Waals surface area contributed by atoms with E-state index in [1.807, 2.05) is 13.0 Å². The number of nitrogens with zero attached hydrogens (tertiary/aromatic N) is 1. The number of nitrogens with two attached hydrogens (primary N) is 1. The Hall–Kier alpha value is -1.75. The van der Waals surface area contributed by atoms with Crippen LogP contribution in [-0.4, -0.2) is 36.9 Å². The second-order valence-electron chi connectivity index (χ2n) is 4.72. The summed E-state index contributed by atoms with van der Waals surface area (Å²) >= 11 is 3.20. The maximum absolute atomic E-state index is 11.7. The van der Waals surface area contributed by atoms with Gasteiger partial charge in [0.05, 0.1) is 21.7 Å². The first-order valence-electron chi connectivity index (χ1n) is 7.47. The zero-order valence-electron chi connectivity index (χ0n) is 13.7. The van der Waals surface area contributed by atoms with Crippen LogP contribution in [0.3, 0.4) is 0 Å². The van der Waals surface area contributed by atoms with Crippen molar-refractivity contribution in [2.24, 2.45) is 10.7 Å². The Kier molecular flexibility index (Phi) is 7.12. The molecule has 0 unspecified atom stereocenters. The van der Waals surface area contributed by atoms with Crippen molar-refractivity contribution in [2.45, 2.75) is 13.8 Å². The summed E-state index contributed by atoms with van der Waals surface area (Å²) in [4.78, 5) is 27.3. The Morgan fingerprint density at radius 2 is 2.08 bits per heavy atom. The van der Waals surface area contributed by atoms with Gasteiger partial charge in [-0.05, 0) is 72.0 Å². The topological polar surface area (TPSA) is 100 Å². The highest BCUT2D eigenvalue weighted by molar-refractivity contribution is 14.1. The summed E-state index contributed by atoms with van der Waals surface area (Å²) < 4.78 is 16.8. The number of ether oxygens (including phenoxy) is 3. The number of benzene rings is 1. The first kappa shape index (κ1) is 19.6. The predicted molar refractivity (Wildman–Crippen MR) is 105 cm³/mol. The van der Waals surface area contributed by atoms with Gasteiger partial charge in [-0.3, -0.25) is 4.79 Å². The van der Waals surface area contributed by atoms with Crippen LogP contribution in [0.2, 0.25) is 0 Å². The van der Waals surface area contributed by atoms with E-state index in [-0.39, 0.29) is 17.7 Å². The molecular formula is C16H17IN2O5S. The molecule has 1 heterocycles. The molecule has 2 rings (SSSR count). The number of aliphatic imine (C=N–C) groups is 1. The molecule has 0 saturated heterocycles. The van der Waals surface area contributed by atoms with Crippen LogP contribution in [0.5, 0.6) is 11.5 Å². The summed E-state index contributed by atoms with van der Waals surface area (Å²) in [5.41, 5.74) is 6.30. The first-order valence-corrected chi connectivity index (χ1v) is 9.36. The largest absolute Gasteiger partial charge is 0.490 e. The van der Waals surface area contributed by atoms with Crippen molar-refractivity contribution in [1.29, 1.82) is 0 Å². The van der Waals surface area contributed by atoms with Gasteiger partial charge in [0.2, 0.25) is 0 Å². The van der Waals surface area contributed by atoms with Crippen molar-refractivity contribution >= 4 is 57.5 Å². The van der Waals surface area contributed by atoms with Gasteiger partial charge in [0, 0.05) is 0 Å². The molecule has 0 atom stereocenters. The van der Waals surface area contributed by atoms with E-state index in [1.165, 1.54) is 0 Å². The third-order valence-corrected chi connectivity index (χ3v) is 4.52. The van der Waals surface area contributed by atoms with Crippen LogP contribution in [0.1, 0.15) is 19.4 Å². The maximum Gasteiger partial charge on any atom is 0.344 e. The molecule has 0 saturated carbocycles. The number of thioether (sulfide) groups is 1. The van der Waals surface area contributed by atoms with Crippen LogP contribution >= 0.6 is 34.4 Å². The van der Waals surface area contributed by atoms with E-state index < -0.39 is 5.97 Å². The highest BCUT2D eigenvalue weighted by Crippen LogP contribution is 2.36. The maximum atomic E-state index is 11.7. The number of carbonyl (C=O) groups is 2. The Morgan fingerprint density at radius 1 is 1.32 bits per heavy atom. The van der Waals surface area contributed by atoms with Gasteiger partial charge in [-0.15, -0.1) is 0 Å². The smallest absolute Gasteiger partial charge is 0.344 e. The molecule has 0 radical (unpaired) electrons. The zero-order valence-corrected chi connectivity index (χ0v) is 16.7. The van der Waals surface area contributed by atoms with Crippen LogP contribution in [0, 0.1) is 3.57 Å². The number of hydrogen-bond donors (Lipinski definition) is 1. The summed E-state index contributed by atoms with van der Waals surface area (Å²) in [6.45, 7) is 4.09. The second-order valence-corrected chi connectivity index (χ2v) is 6.95. The number of amides is 1. The fourth-order valence-corrected chi connectivity index (χ4v) is 3.45. The SMILES string of the molecule is CCOC(=O)COc1c(I)cc(C=C2SC(N)=NC2=O)cc1OCC. The first-order chi connectivity index (χ1) is 11.9. The Morgan fingerprint density at radius 3 is 2.68 bits per heavy atom. The van der Waals surface area contributed by atoms with Gasteiger partial charge >= 0.3 is 5.97 Å². The monoisotopic (exact) mass is 476 g/mol. The van der Waals surface area contributed by atoms with E-state index in [1.54, 1.807) is 19.1 Å². The number of rotatable bonds is 7. The minimum Gasteiger partial charge on any atom is -0.490 e.